The summed E-state index contributed by atoms with van der Waals surface area (Å²) in [5, 5.41) is 13.6. The predicted octanol–water partition coefficient (Wildman–Crippen LogP) is 3.48. The third-order valence-electron chi connectivity index (χ3n) is 6.18. The molecule has 7 nitrogen and oxygen atoms in total. The lowest BCUT2D eigenvalue weighted by molar-refractivity contribution is -0.119. The van der Waals surface area contributed by atoms with Crippen molar-refractivity contribution in [3.63, 3.8) is 0 Å². The molecule has 2 atom stereocenters. The van der Waals surface area contributed by atoms with E-state index in [2.05, 4.69) is 16.4 Å². The molecule has 0 radical (unpaired) electrons. The van der Waals surface area contributed by atoms with Crippen molar-refractivity contribution in [2.45, 2.75) is 31.5 Å². The van der Waals surface area contributed by atoms with Crippen molar-refractivity contribution in [1.82, 2.24) is 4.98 Å². The first-order valence-electron chi connectivity index (χ1n) is 10.4. The van der Waals surface area contributed by atoms with Gasteiger partial charge in [0.1, 0.15) is 29.5 Å². The average Bonchev–Trinajstić information content (AvgIpc) is 3.50. The number of aromatic nitrogens is 1. The molecule has 7 heteroatoms. The summed E-state index contributed by atoms with van der Waals surface area (Å²) >= 11 is 0. The van der Waals surface area contributed by atoms with Crippen LogP contribution in [0.2, 0.25) is 0 Å². The third-order valence-corrected chi connectivity index (χ3v) is 6.18. The molecule has 31 heavy (non-hydrogen) atoms. The zero-order chi connectivity index (χ0) is 21.4. The zero-order valence-corrected chi connectivity index (χ0v) is 17.2. The van der Waals surface area contributed by atoms with Gasteiger partial charge < -0.3 is 24.6 Å². The number of ether oxygens (including phenoxy) is 3. The summed E-state index contributed by atoms with van der Waals surface area (Å²) in [6.45, 7) is 0.272. The molecule has 0 bridgehead atoms. The number of amides is 1. The van der Waals surface area contributed by atoms with Crippen LogP contribution in [0.3, 0.4) is 0 Å². The number of benzene rings is 1. The van der Waals surface area contributed by atoms with Crippen LogP contribution in [0, 0.1) is 5.41 Å². The highest BCUT2D eigenvalue weighted by Crippen LogP contribution is 2.54. The quantitative estimate of drug-likeness (QED) is 0.744. The van der Waals surface area contributed by atoms with E-state index < -0.39 is 11.5 Å². The summed E-state index contributed by atoms with van der Waals surface area (Å²) in [5.41, 5.74) is 1.74. The molecule has 2 fully saturated rings. The standard InChI is InChI=1S/C24H24N2O5/c1-29-18-5-3-2-4-17(18)22(27)15-6-9-21(25-13-15)26-23(28)24(10-11-24)16-7-8-19-20(12-16)31-14-30-19/h2-7,9,12-13,19,22,27H,8,10-11,14H2,1H3,(H,25,26,28). The Kier molecular flexibility index (Phi) is 5.00. The Hall–Kier alpha value is -3.16. The molecule has 1 aliphatic heterocycles. The van der Waals surface area contributed by atoms with Crippen LogP contribution < -0.4 is 10.1 Å². The van der Waals surface area contributed by atoms with Gasteiger partial charge in [0.05, 0.1) is 12.5 Å². The Balaban J connectivity index is 1.29. The van der Waals surface area contributed by atoms with Crippen LogP contribution in [-0.4, -0.2) is 36.0 Å². The maximum atomic E-state index is 13.1. The molecule has 1 saturated carbocycles. The van der Waals surface area contributed by atoms with Crippen molar-refractivity contribution in [2.24, 2.45) is 5.41 Å². The highest BCUT2D eigenvalue weighted by Gasteiger charge is 2.53. The number of hydrogen-bond acceptors (Lipinski definition) is 6. The molecule has 0 spiro atoms. The summed E-state index contributed by atoms with van der Waals surface area (Å²) in [7, 11) is 1.57. The smallest absolute Gasteiger partial charge is 0.236 e. The van der Waals surface area contributed by atoms with Gasteiger partial charge in [0, 0.05) is 17.3 Å². The number of fused-ring (bicyclic) bond motifs is 1. The molecule has 2 N–H and O–H groups in total. The maximum absolute atomic E-state index is 13.1. The van der Waals surface area contributed by atoms with Crippen LogP contribution in [0.1, 0.15) is 36.5 Å². The first kappa shape index (κ1) is 19.8. The number of hydrogen-bond donors (Lipinski definition) is 2. The fourth-order valence-electron chi connectivity index (χ4n) is 4.18. The van der Waals surface area contributed by atoms with E-state index in [9.17, 15) is 9.90 Å². The number of nitrogens with zero attached hydrogens (tertiary/aromatic N) is 1. The number of aliphatic hydroxyl groups excluding tert-OH is 1. The number of nitrogens with one attached hydrogen (secondary N) is 1. The number of allylic oxidation sites excluding steroid dienone is 1. The van der Waals surface area contributed by atoms with Gasteiger partial charge in [0.25, 0.3) is 0 Å². The largest absolute Gasteiger partial charge is 0.496 e. The number of carbonyl (C=O) groups excluding carboxylic acids is 1. The molecular weight excluding hydrogens is 396 g/mol. The van der Waals surface area contributed by atoms with Crippen LogP contribution in [0.15, 0.2) is 66.1 Å². The van der Waals surface area contributed by atoms with Gasteiger partial charge in [-0.3, -0.25) is 4.79 Å². The van der Waals surface area contributed by atoms with E-state index >= 15 is 0 Å². The minimum Gasteiger partial charge on any atom is -0.496 e. The van der Waals surface area contributed by atoms with Crippen LogP contribution in [0.4, 0.5) is 5.82 Å². The Labute approximate surface area is 180 Å². The highest BCUT2D eigenvalue weighted by molar-refractivity contribution is 5.99. The first-order valence-corrected chi connectivity index (χ1v) is 10.4. The minimum absolute atomic E-state index is 0.0218. The van der Waals surface area contributed by atoms with Crippen LogP contribution in [-0.2, 0) is 14.3 Å². The first-order chi connectivity index (χ1) is 15.1. The molecule has 1 aromatic heterocycles. The lowest BCUT2D eigenvalue weighted by Crippen LogP contribution is -2.27. The fourth-order valence-corrected chi connectivity index (χ4v) is 4.18. The fraction of sp³-hybridized carbons (Fsp3) is 0.333. The lowest BCUT2D eigenvalue weighted by Gasteiger charge is -2.21. The maximum Gasteiger partial charge on any atom is 0.236 e. The SMILES string of the molecule is COc1ccccc1C(O)c1ccc(NC(=O)C2(C3=CCC4OCOC4=C3)CC2)nc1. The number of pyridine rings is 1. The van der Waals surface area contributed by atoms with E-state index in [0.29, 0.717) is 22.7 Å². The van der Waals surface area contributed by atoms with E-state index in [-0.39, 0.29) is 18.8 Å². The normalized spacial score (nSPS) is 21.8. The summed E-state index contributed by atoms with van der Waals surface area (Å²) in [4.78, 5) is 17.4. The van der Waals surface area contributed by atoms with Crippen molar-refractivity contribution >= 4 is 11.7 Å². The van der Waals surface area contributed by atoms with Crippen molar-refractivity contribution < 1.29 is 24.1 Å². The van der Waals surface area contributed by atoms with E-state index in [1.165, 1.54) is 0 Å². The van der Waals surface area contributed by atoms with E-state index in [1.807, 2.05) is 24.3 Å². The molecule has 1 aromatic carbocycles. The minimum atomic E-state index is -0.872. The number of anilines is 1. The molecule has 1 saturated heterocycles. The number of carbonyl (C=O) groups is 1. The van der Waals surface area contributed by atoms with Gasteiger partial charge in [-0.2, -0.15) is 0 Å². The highest BCUT2D eigenvalue weighted by atomic mass is 16.7. The van der Waals surface area contributed by atoms with Crippen LogP contribution >= 0.6 is 0 Å². The van der Waals surface area contributed by atoms with Gasteiger partial charge in [0.2, 0.25) is 5.91 Å². The van der Waals surface area contributed by atoms with Crippen LogP contribution in [0.25, 0.3) is 0 Å². The van der Waals surface area contributed by atoms with Gasteiger partial charge in [-0.25, -0.2) is 4.98 Å². The molecule has 1 amide bonds. The zero-order valence-electron chi connectivity index (χ0n) is 17.2. The van der Waals surface area contributed by atoms with E-state index in [0.717, 1.165) is 30.6 Å². The Morgan fingerprint density at radius 3 is 2.87 bits per heavy atom. The Bertz CT molecular complexity index is 1060. The van der Waals surface area contributed by atoms with Crippen molar-refractivity contribution in [3.05, 3.63) is 77.2 Å². The van der Waals surface area contributed by atoms with Crippen LogP contribution in [0.5, 0.6) is 5.75 Å². The second-order valence-corrected chi connectivity index (χ2v) is 8.02. The second kappa shape index (κ2) is 7.83. The molecule has 3 aliphatic rings. The molecule has 160 valence electrons. The topological polar surface area (TPSA) is 89.9 Å². The van der Waals surface area contributed by atoms with Gasteiger partial charge in [-0.1, -0.05) is 30.3 Å². The van der Waals surface area contributed by atoms with Gasteiger partial charge in [0.15, 0.2) is 6.79 Å². The number of methoxy groups -OCH3 is 1. The molecule has 5 rings (SSSR count). The van der Waals surface area contributed by atoms with Crippen molar-refractivity contribution in [1.29, 1.82) is 0 Å². The average molecular weight is 420 g/mol. The Morgan fingerprint density at radius 2 is 2.13 bits per heavy atom. The molecule has 2 unspecified atom stereocenters. The second-order valence-electron chi connectivity index (χ2n) is 8.02. The molecule has 2 heterocycles. The monoisotopic (exact) mass is 420 g/mol. The van der Waals surface area contributed by atoms with Crippen molar-refractivity contribution in [2.75, 3.05) is 19.2 Å². The summed E-state index contributed by atoms with van der Waals surface area (Å²) < 4.78 is 16.3. The van der Waals surface area contributed by atoms with Gasteiger partial charge in [-0.05, 0) is 43.0 Å². The third kappa shape index (κ3) is 3.60. The van der Waals surface area contributed by atoms with Gasteiger partial charge >= 0.3 is 0 Å². The van der Waals surface area contributed by atoms with Crippen molar-refractivity contribution in [3.8, 4) is 5.75 Å². The van der Waals surface area contributed by atoms with Gasteiger partial charge in [-0.15, -0.1) is 0 Å². The predicted molar refractivity (Wildman–Crippen MR) is 113 cm³/mol. The summed E-state index contributed by atoms with van der Waals surface area (Å²) in [5.74, 6) is 1.80. The molecular formula is C24H24N2O5. The summed E-state index contributed by atoms with van der Waals surface area (Å²) in [6.07, 6.45) is 7.03. The summed E-state index contributed by atoms with van der Waals surface area (Å²) in [6, 6.07) is 10.8. The van der Waals surface area contributed by atoms with E-state index in [4.69, 9.17) is 14.2 Å². The number of aliphatic hydroxyl groups is 1. The Morgan fingerprint density at radius 1 is 1.29 bits per heavy atom. The number of rotatable bonds is 6. The molecule has 2 aromatic rings. The lowest BCUT2D eigenvalue weighted by atomic mass is 9.89. The molecule has 2 aliphatic carbocycles. The number of para-hydroxylation sites is 1. The van der Waals surface area contributed by atoms with E-state index in [1.54, 1.807) is 31.5 Å².